The summed E-state index contributed by atoms with van der Waals surface area (Å²) in [6.45, 7) is 0. The Morgan fingerprint density at radius 1 is 0.812 bits per heavy atom. The van der Waals surface area contributed by atoms with Crippen molar-refractivity contribution >= 4 is 17.8 Å². The normalized spacial score (nSPS) is 10.6. The van der Waals surface area contributed by atoms with E-state index in [2.05, 4.69) is 0 Å². The number of methoxy groups -OCH3 is 3. The minimum atomic E-state index is -0.636. The first-order chi connectivity index (χ1) is 15.5. The molecule has 0 N–H and O–H groups in total. The highest BCUT2D eigenvalue weighted by atomic mass is 19.1. The lowest BCUT2D eigenvalue weighted by Crippen LogP contribution is -2.10. The van der Waals surface area contributed by atoms with Gasteiger partial charge in [-0.15, -0.1) is 0 Å². The first kappa shape index (κ1) is 22.6. The van der Waals surface area contributed by atoms with Crippen molar-refractivity contribution in [1.29, 1.82) is 0 Å². The van der Waals surface area contributed by atoms with Crippen LogP contribution in [0, 0.1) is 5.82 Å². The van der Waals surface area contributed by atoms with Gasteiger partial charge in [0.2, 0.25) is 5.75 Å². The number of hydrogen-bond acceptors (Lipinski definition) is 6. The van der Waals surface area contributed by atoms with Gasteiger partial charge in [0.15, 0.2) is 17.3 Å². The molecule has 0 unspecified atom stereocenters. The van der Waals surface area contributed by atoms with Crippen LogP contribution in [0.15, 0.2) is 66.7 Å². The Morgan fingerprint density at radius 2 is 1.44 bits per heavy atom. The summed E-state index contributed by atoms with van der Waals surface area (Å²) < 4.78 is 34.8. The third-order valence-electron chi connectivity index (χ3n) is 4.57. The second-order valence-electron chi connectivity index (χ2n) is 6.55. The van der Waals surface area contributed by atoms with Crippen molar-refractivity contribution in [3.8, 4) is 23.0 Å². The number of rotatable bonds is 8. The third-order valence-corrected chi connectivity index (χ3v) is 4.57. The fourth-order valence-electron chi connectivity index (χ4n) is 2.92. The Bertz CT molecular complexity index is 1130. The van der Waals surface area contributed by atoms with Gasteiger partial charge in [-0.1, -0.05) is 18.2 Å². The Labute approximate surface area is 184 Å². The van der Waals surface area contributed by atoms with Gasteiger partial charge in [-0.05, 0) is 54.6 Å². The minimum absolute atomic E-state index is 0.201. The number of allylic oxidation sites excluding steroid dienone is 1. The van der Waals surface area contributed by atoms with Gasteiger partial charge < -0.3 is 18.9 Å². The molecular formula is C25H21FO6. The molecular weight excluding hydrogens is 415 g/mol. The van der Waals surface area contributed by atoms with Crippen LogP contribution in [-0.2, 0) is 0 Å². The van der Waals surface area contributed by atoms with E-state index in [1.165, 1.54) is 75.9 Å². The van der Waals surface area contributed by atoms with Crippen molar-refractivity contribution in [2.45, 2.75) is 0 Å². The van der Waals surface area contributed by atoms with Crippen molar-refractivity contribution in [2.24, 2.45) is 0 Å². The van der Waals surface area contributed by atoms with Crippen molar-refractivity contribution in [1.82, 2.24) is 0 Å². The molecule has 32 heavy (non-hydrogen) atoms. The Hall–Kier alpha value is -4.13. The van der Waals surface area contributed by atoms with E-state index in [0.717, 1.165) is 0 Å². The predicted octanol–water partition coefficient (Wildman–Crippen LogP) is 4.97. The van der Waals surface area contributed by atoms with E-state index >= 15 is 0 Å². The van der Waals surface area contributed by atoms with E-state index in [4.69, 9.17) is 18.9 Å². The fraction of sp³-hybridized carbons (Fsp3) is 0.120. The lowest BCUT2D eigenvalue weighted by molar-refractivity contribution is 0.0733. The molecule has 0 bridgehead atoms. The molecule has 3 aromatic rings. The van der Waals surface area contributed by atoms with Gasteiger partial charge in [-0.25, -0.2) is 9.18 Å². The average molecular weight is 436 g/mol. The monoisotopic (exact) mass is 436 g/mol. The second-order valence-corrected chi connectivity index (χ2v) is 6.55. The second kappa shape index (κ2) is 10.3. The Balaban J connectivity index is 1.72. The SMILES string of the molecule is COc1cc(C(=O)Oc2ccc(C(=O)/C=C/c3ccccc3F)cc2)cc(OC)c1OC. The lowest BCUT2D eigenvalue weighted by Gasteiger charge is -2.13. The van der Waals surface area contributed by atoms with Crippen LogP contribution in [0.1, 0.15) is 26.3 Å². The molecule has 3 aromatic carbocycles. The van der Waals surface area contributed by atoms with Crippen molar-refractivity contribution in [2.75, 3.05) is 21.3 Å². The van der Waals surface area contributed by atoms with Gasteiger partial charge in [0.05, 0.1) is 26.9 Å². The first-order valence-corrected chi connectivity index (χ1v) is 9.56. The van der Waals surface area contributed by atoms with Crippen molar-refractivity contribution in [3.63, 3.8) is 0 Å². The molecule has 164 valence electrons. The van der Waals surface area contributed by atoms with E-state index in [1.807, 2.05) is 0 Å². The van der Waals surface area contributed by atoms with Gasteiger partial charge >= 0.3 is 5.97 Å². The summed E-state index contributed by atoms with van der Waals surface area (Å²) in [7, 11) is 4.36. The summed E-state index contributed by atoms with van der Waals surface area (Å²) in [4.78, 5) is 24.9. The van der Waals surface area contributed by atoms with Crippen LogP contribution in [-0.4, -0.2) is 33.1 Å². The average Bonchev–Trinajstić information content (AvgIpc) is 2.82. The highest BCUT2D eigenvalue weighted by Gasteiger charge is 2.18. The van der Waals surface area contributed by atoms with Gasteiger partial charge in [-0.2, -0.15) is 0 Å². The molecule has 6 nitrogen and oxygen atoms in total. The molecule has 0 aliphatic rings. The largest absolute Gasteiger partial charge is 0.493 e. The molecule has 0 amide bonds. The smallest absolute Gasteiger partial charge is 0.343 e. The molecule has 0 atom stereocenters. The number of hydrogen-bond donors (Lipinski definition) is 0. The zero-order chi connectivity index (χ0) is 23.1. The van der Waals surface area contributed by atoms with E-state index in [1.54, 1.807) is 18.2 Å². The number of esters is 1. The zero-order valence-electron chi connectivity index (χ0n) is 17.8. The van der Waals surface area contributed by atoms with Crippen LogP contribution in [0.4, 0.5) is 4.39 Å². The summed E-state index contributed by atoms with van der Waals surface area (Å²) in [6, 6.07) is 15.2. The van der Waals surface area contributed by atoms with E-state index in [-0.39, 0.29) is 17.1 Å². The molecule has 3 rings (SSSR count). The van der Waals surface area contributed by atoms with E-state index in [9.17, 15) is 14.0 Å². The van der Waals surface area contributed by atoms with Crippen LogP contribution in [0.25, 0.3) is 6.08 Å². The van der Waals surface area contributed by atoms with Gasteiger partial charge in [0.25, 0.3) is 0 Å². The van der Waals surface area contributed by atoms with Crippen molar-refractivity contribution < 1.29 is 32.9 Å². The Kier molecular flexibility index (Phi) is 7.23. The summed E-state index contributed by atoms with van der Waals surface area (Å²) in [5, 5.41) is 0. The molecule has 0 saturated heterocycles. The van der Waals surface area contributed by atoms with Gasteiger partial charge in [0.1, 0.15) is 11.6 Å². The summed E-state index contributed by atoms with van der Waals surface area (Å²) in [6.07, 6.45) is 2.70. The maximum Gasteiger partial charge on any atom is 0.343 e. The maximum atomic E-state index is 13.7. The van der Waals surface area contributed by atoms with Crippen LogP contribution in [0.2, 0.25) is 0 Å². The molecule has 0 heterocycles. The van der Waals surface area contributed by atoms with Crippen LogP contribution < -0.4 is 18.9 Å². The van der Waals surface area contributed by atoms with Gasteiger partial charge in [0, 0.05) is 11.1 Å². The molecule has 0 saturated carbocycles. The molecule has 0 fully saturated rings. The standard InChI is InChI=1S/C25H21FO6/c1-29-22-14-18(15-23(30-2)24(22)31-3)25(28)32-19-11-8-17(9-12-19)21(27)13-10-16-6-4-5-7-20(16)26/h4-15H,1-3H3/b13-10+. The minimum Gasteiger partial charge on any atom is -0.493 e. The molecule has 7 heteroatoms. The van der Waals surface area contributed by atoms with Crippen LogP contribution >= 0.6 is 0 Å². The van der Waals surface area contributed by atoms with Gasteiger partial charge in [-0.3, -0.25) is 4.79 Å². The van der Waals surface area contributed by atoms with E-state index < -0.39 is 11.8 Å². The topological polar surface area (TPSA) is 71.1 Å². The number of ketones is 1. The van der Waals surface area contributed by atoms with Crippen LogP contribution in [0.5, 0.6) is 23.0 Å². The first-order valence-electron chi connectivity index (χ1n) is 9.56. The molecule has 0 aliphatic carbocycles. The third kappa shape index (κ3) is 5.13. The highest BCUT2D eigenvalue weighted by Crippen LogP contribution is 2.38. The number of halogens is 1. The number of benzene rings is 3. The predicted molar refractivity (Wildman–Crippen MR) is 117 cm³/mol. The van der Waals surface area contributed by atoms with Crippen molar-refractivity contribution in [3.05, 3.63) is 89.2 Å². The molecule has 0 radical (unpaired) electrons. The number of carbonyl (C=O) groups is 2. The zero-order valence-corrected chi connectivity index (χ0v) is 17.8. The molecule has 0 spiro atoms. The maximum absolute atomic E-state index is 13.7. The fourth-order valence-corrected chi connectivity index (χ4v) is 2.92. The summed E-state index contributed by atoms with van der Waals surface area (Å²) >= 11 is 0. The van der Waals surface area contributed by atoms with E-state index in [0.29, 0.717) is 28.4 Å². The highest BCUT2D eigenvalue weighted by molar-refractivity contribution is 6.06. The molecule has 0 aromatic heterocycles. The lowest BCUT2D eigenvalue weighted by atomic mass is 10.1. The quantitative estimate of drug-likeness (QED) is 0.215. The summed E-state index contributed by atoms with van der Waals surface area (Å²) in [5.41, 5.74) is 0.884. The Morgan fingerprint density at radius 3 is 2.00 bits per heavy atom. The number of carbonyl (C=O) groups excluding carboxylic acids is 2. The number of ether oxygens (including phenoxy) is 4. The van der Waals surface area contributed by atoms with Crippen LogP contribution in [0.3, 0.4) is 0 Å². The summed E-state index contributed by atoms with van der Waals surface area (Å²) in [5.74, 6) is -0.108. The molecule has 0 aliphatic heterocycles.